The summed E-state index contributed by atoms with van der Waals surface area (Å²) in [5, 5.41) is 25.3. The van der Waals surface area contributed by atoms with E-state index in [4.69, 9.17) is 10.5 Å². The normalized spacial score (nSPS) is 6.45. The molecule has 0 fully saturated rings. The average molecular weight is 150 g/mol. The molecule has 0 aromatic rings. The Labute approximate surface area is 74.2 Å². The first kappa shape index (κ1) is 12.8. The molecule has 0 aromatic carbocycles. The molecule has 0 radical (unpaired) electrons. The summed E-state index contributed by atoms with van der Waals surface area (Å²) >= 11 is 0. The van der Waals surface area contributed by atoms with Crippen molar-refractivity contribution >= 4 is 7.32 Å². The number of nitriles is 2. The molecule has 0 heterocycles. The van der Waals surface area contributed by atoms with E-state index >= 15 is 0 Å². The maximum atomic E-state index is 10.0. The van der Waals surface area contributed by atoms with Gasteiger partial charge in [0.15, 0.2) is 0 Å². The van der Waals surface area contributed by atoms with Crippen LogP contribution in [0.4, 0.5) is 0 Å². The minimum atomic E-state index is -2.17. The van der Waals surface area contributed by atoms with E-state index in [0.717, 1.165) is 12.5 Å². The van der Waals surface area contributed by atoms with Crippen LogP contribution in [0.15, 0.2) is 0 Å². The molecule has 0 unspecified atom stereocenters. The number of hydrogen-bond donors (Lipinski definition) is 0. The second-order valence-electron chi connectivity index (χ2n) is 0.830. The molecular formula is C2BLiN2O5. The van der Waals surface area contributed by atoms with E-state index in [9.17, 15) is 5.02 Å². The van der Waals surface area contributed by atoms with Crippen molar-refractivity contribution in [3.63, 3.8) is 0 Å². The van der Waals surface area contributed by atoms with Gasteiger partial charge in [0.25, 0.3) is 0 Å². The van der Waals surface area contributed by atoms with Crippen molar-refractivity contribution in [1.82, 2.24) is 0 Å². The van der Waals surface area contributed by atoms with Crippen LogP contribution in [0.5, 0.6) is 0 Å². The van der Waals surface area contributed by atoms with Gasteiger partial charge in [0.1, 0.15) is 0 Å². The second-order valence-corrected chi connectivity index (χ2v) is 0.830. The zero-order chi connectivity index (χ0) is 7.82. The zero-order valence-corrected chi connectivity index (χ0v) is 5.51. The van der Waals surface area contributed by atoms with Gasteiger partial charge in [0.05, 0.1) is 0 Å². The average Bonchev–Trinajstić information content (AvgIpc) is 1.97. The van der Waals surface area contributed by atoms with Crippen molar-refractivity contribution in [2.75, 3.05) is 0 Å². The molecule has 0 aromatic heterocycles. The summed E-state index contributed by atoms with van der Waals surface area (Å²) in [6.45, 7) is 0. The largest absolute Gasteiger partial charge is 1.00 e. The van der Waals surface area contributed by atoms with Crippen molar-refractivity contribution in [2.24, 2.45) is 0 Å². The van der Waals surface area contributed by atoms with Crippen LogP contribution in [-0.2, 0) is 19.4 Å². The Bertz CT molecular complexity index is 147. The summed E-state index contributed by atoms with van der Waals surface area (Å²) in [5.74, 6) is 0. The van der Waals surface area contributed by atoms with Gasteiger partial charge in [-0.25, -0.2) is 9.61 Å². The molecule has 0 bridgehead atoms. The number of nitrogens with zero attached hydrogens (tertiary/aromatic N) is 2. The Kier molecular flexibility index (Phi) is 10.6. The topological polar surface area (TPSA) is 108 Å². The minimum absolute atomic E-state index is 0. The van der Waals surface area contributed by atoms with Crippen LogP contribution in [0.1, 0.15) is 0 Å². The summed E-state index contributed by atoms with van der Waals surface area (Å²) < 4.78 is 0. The van der Waals surface area contributed by atoms with Crippen molar-refractivity contribution in [2.45, 2.75) is 0 Å². The third-order valence-electron chi connectivity index (χ3n) is 0.328. The SMILES string of the molecule is N#COOB([O-])OOC#N.[Li+]. The molecule has 0 N–H and O–H groups in total. The van der Waals surface area contributed by atoms with Crippen LogP contribution < -0.4 is 23.9 Å². The summed E-state index contributed by atoms with van der Waals surface area (Å²) in [6.07, 6.45) is 2.07. The van der Waals surface area contributed by atoms with Crippen LogP contribution in [0.25, 0.3) is 0 Å². The van der Waals surface area contributed by atoms with Crippen molar-refractivity contribution in [3.8, 4) is 12.5 Å². The molecule has 0 rings (SSSR count). The molecule has 0 amide bonds. The molecule has 0 spiro atoms. The van der Waals surface area contributed by atoms with E-state index < -0.39 is 7.32 Å². The Morgan fingerprint density at radius 1 is 1.09 bits per heavy atom. The Morgan fingerprint density at radius 3 is 1.73 bits per heavy atom. The van der Waals surface area contributed by atoms with E-state index in [1.165, 1.54) is 0 Å². The molecule has 11 heavy (non-hydrogen) atoms. The smallest absolute Gasteiger partial charge is 0.826 e. The molecule has 0 aliphatic rings. The summed E-state index contributed by atoms with van der Waals surface area (Å²) in [5.41, 5.74) is 0. The predicted octanol–water partition coefficient (Wildman–Crippen LogP) is -4.81. The number of rotatable bonds is 4. The van der Waals surface area contributed by atoms with Gasteiger partial charge in [-0.1, -0.05) is 0 Å². The van der Waals surface area contributed by atoms with E-state index in [0.29, 0.717) is 0 Å². The van der Waals surface area contributed by atoms with Gasteiger partial charge in [-0.2, -0.15) is 0 Å². The first-order chi connectivity index (χ1) is 4.81. The molecule has 0 atom stereocenters. The molecule has 0 aliphatic carbocycles. The maximum absolute atomic E-state index is 10.0. The van der Waals surface area contributed by atoms with Crippen LogP contribution in [0, 0.1) is 23.0 Å². The van der Waals surface area contributed by atoms with Crippen molar-refractivity contribution in [3.05, 3.63) is 0 Å². The molecule has 9 heteroatoms. The van der Waals surface area contributed by atoms with Crippen molar-refractivity contribution < 1.29 is 43.3 Å². The second kappa shape index (κ2) is 9.12. The van der Waals surface area contributed by atoms with Crippen molar-refractivity contribution in [1.29, 1.82) is 10.5 Å². The van der Waals surface area contributed by atoms with Gasteiger partial charge in [-0.15, -0.1) is 10.5 Å². The Balaban J connectivity index is 0. The standard InChI is InChI=1S/C2BN2O5.Li/c4-1-7-9-3(6)10-8-2-5;/q-1;+1. The van der Waals surface area contributed by atoms with E-state index in [2.05, 4.69) is 19.4 Å². The van der Waals surface area contributed by atoms with Crippen LogP contribution in [0.3, 0.4) is 0 Å². The zero-order valence-electron chi connectivity index (χ0n) is 5.51. The summed E-state index contributed by atoms with van der Waals surface area (Å²) in [7, 11) is -2.17. The quantitative estimate of drug-likeness (QED) is 0.171. The Hall–Kier alpha value is -0.878. The summed E-state index contributed by atoms with van der Waals surface area (Å²) in [4.78, 5) is 14.1. The molecule has 0 saturated carbocycles. The first-order valence-electron chi connectivity index (χ1n) is 1.90. The fourth-order valence-corrected chi connectivity index (χ4v) is 0.138. The molecular weight excluding hydrogens is 150 g/mol. The van der Waals surface area contributed by atoms with E-state index in [1.807, 2.05) is 0 Å². The van der Waals surface area contributed by atoms with E-state index in [-0.39, 0.29) is 18.9 Å². The third-order valence-corrected chi connectivity index (χ3v) is 0.328. The number of hydrogen-bond acceptors (Lipinski definition) is 7. The minimum Gasteiger partial charge on any atom is -0.826 e. The fraction of sp³-hybridized carbons (Fsp3) is 0. The molecule has 0 aliphatic heterocycles. The van der Waals surface area contributed by atoms with Gasteiger partial charge in [0, 0.05) is 0 Å². The molecule has 7 nitrogen and oxygen atoms in total. The Morgan fingerprint density at radius 2 is 1.45 bits per heavy atom. The third kappa shape index (κ3) is 9.12. The maximum Gasteiger partial charge on any atom is 1.00 e. The summed E-state index contributed by atoms with van der Waals surface area (Å²) in [6, 6.07) is 0. The van der Waals surface area contributed by atoms with Crippen LogP contribution >= 0.6 is 0 Å². The first-order valence-corrected chi connectivity index (χ1v) is 1.90. The van der Waals surface area contributed by atoms with Gasteiger partial charge < -0.3 is 5.02 Å². The molecule has 0 saturated heterocycles. The van der Waals surface area contributed by atoms with Gasteiger partial charge in [-0.3, -0.25) is 9.78 Å². The van der Waals surface area contributed by atoms with Crippen LogP contribution in [0.2, 0.25) is 0 Å². The van der Waals surface area contributed by atoms with Gasteiger partial charge in [0.2, 0.25) is 0 Å². The predicted molar refractivity (Wildman–Crippen MR) is 21.3 cm³/mol. The van der Waals surface area contributed by atoms with E-state index in [1.54, 1.807) is 0 Å². The van der Waals surface area contributed by atoms with Gasteiger partial charge in [-0.05, 0) is 0 Å². The molecule has 52 valence electrons. The fourth-order valence-electron chi connectivity index (χ4n) is 0.138. The van der Waals surface area contributed by atoms with Gasteiger partial charge >= 0.3 is 38.7 Å². The van der Waals surface area contributed by atoms with Crippen LogP contribution in [-0.4, -0.2) is 7.32 Å². The monoisotopic (exact) mass is 150 g/mol.